The summed E-state index contributed by atoms with van der Waals surface area (Å²) in [7, 11) is 0. The van der Waals surface area contributed by atoms with E-state index in [-0.39, 0.29) is 54.1 Å². The van der Waals surface area contributed by atoms with Crippen molar-refractivity contribution in [3.05, 3.63) is 341 Å². The van der Waals surface area contributed by atoms with Gasteiger partial charge >= 0.3 is 0 Å². The molecule has 16 rings (SSSR count). The molecule has 0 saturated heterocycles. The molecule has 0 atom stereocenters. The highest BCUT2D eigenvalue weighted by Gasteiger charge is 2.43. The molecule has 0 saturated carbocycles. The summed E-state index contributed by atoms with van der Waals surface area (Å²) < 4.78 is 1.02. The molecule has 0 amide bonds. The van der Waals surface area contributed by atoms with Gasteiger partial charge in [0.25, 0.3) is 0 Å². The third-order valence-corrected chi connectivity index (χ3v) is 28.5. The van der Waals surface area contributed by atoms with E-state index in [1.807, 2.05) is 60.7 Å². The second kappa shape index (κ2) is 34.6. The molecule has 636 valence electrons. The Balaban J connectivity index is 0.000000173. The number of anilines is 10. The topological polar surface area (TPSA) is 35.7 Å². The van der Waals surface area contributed by atoms with Crippen molar-refractivity contribution in [2.24, 2.45) is 0 Å². The predicted molar refractivity (Wildman–Crippen MR) is 536 cm³/mol. The molecule has 0 aliphatic heterocycles. The van der Waals surface area contributed by atoms with Crippen LogP contribution in [0.4, 0.5) is 56.9 Å². The van der Waals surface area contributed by atoms with Gasteiger partial charge in [0.2, 0.25) is 0 Å². The number of rotatable bonds is 11. The Labute approximate surface area is 757 Å². The van der Waals surface area contributed by atoms with E-state index in [0.29, 0.717) is 5.02 Å². The lowest BCUT2D eigenvalue weighted by Crippen LogP contribution is -2.34. The van der Waals surface area contributed by atoms with E-state index in [4.69, 9.17) is 40.5 Å². The Hall–Kier alpha value is -8.81. The van der Waals surface area contributed by atoms with Gasteiger partial charge in [-0.1, -0.05) is 312 Å². The molecule has 122 heavy (non-hydrogen) atoms. The first-order valence-electron chi connectivity index (χ1n) is 44.2. The van der Waals surface area contributed by atoms with Gasteiger partial charge in [-0.15, -0.1) is 0 Å². The molecule has 12 aromatic carbocycles. The highest BCUT2D eigenvalue weighted by molar-refractivity contribution is 9.10. The van der Waals surface area contributed by atoms with Crippen molar-refractivity contribution in [3.8, 4) is 22.3 Å². The van der Waals surface area contributed by atoms with Gasteiger partial charge in [-0.2, -0.15) is 0 Å². The summed E-state index contributed by atoms with van der Waals surface area (Å²) in [5, 5.41) is 2.25. The lowest BCUT2D eigenvalue weighted by molar-refractivity contribution is 0.332. The maximum absolute atomic E-state index is 6.85. The van der Waals surface area contributed by atoms with Crippen LogP contribution < -0.4 is 20.4 Å². The molecule has 0 unspecified atom stereocenters. The Morgan fingerprint density at radius 3 is 0.934 bits per heavy atom. The van der Waals surface area contributed by atoms with Crippen molar-refractivity contribution in [1.82, 2.24) is 0 Å². The smallest absolute Gasteiger partial charge is 0.0540 e. The number of nitrogens with two attached hydrogens (primary N) is 1. The molecule has 0 spiro atoms. The van der Waals surface area contributed by atoms with Crippen molar-refractivity contribution < 1.29 is 0 Å². The fraction of sp³-hybridized carbons (Fsp3) is 0.368. The minimum Gasteiger partial charge on any atom is -0.398 e. The number of benzene rings is 12. The van der Waals surface area contributed by atoms with Crippen LogP contribution in [0.3, 0.4) is 0 Å². The van der Waals surface area contributed by atoms with E-state index in [1.54, 1.807) is 0 Å². The number of nitrogen functional groups attached to an aromatic ring is 1. The van der Waals surface area contributed by atoms with Gasteiger partial charge in [0, 0.05) is 81.9 Å². The number of nitrogens with zero attached hydrogens (tertiary/aromatic N) is 3. The first-order valence-corrected chi connectivity index (χ1v) is 46.2. The number of hydrogen-bond acceptors (Lipinski definition) is 4. The number of fused-ring (bicyclic) bond motifs is 4. The average Bonchev–Trinajstić information content (AvgIpc) is 0.740. The lowest BCUT2D eigenvalue weighted by atomic mass is 9.63. The summed E-state index contributed by atoms with van der Waals surface area (Å²) in [4.78, 5) is 7.37. The van der Waals surface area contributed by atoms with Crippen LogP contribution in [0.25, 0.3) is 22.3 Å². The summed E-state index contributed by atoms with van der Waals surface area (Å²) in [6.45, 7) is 56.5. The van der Waals surface area contributed by atoms with Crippen LogP contribution in [-0.4, -0.2) is 0 Å². The normalized spacial score (nSPS) is 17.0. The molecule has 0 heterocycles. The van der Waals surface area contributed by atoms with Crippen LogP contribution >= 0.6 is 50.7 Å². The van der Waals surface area contributed by atoms with Crippen molar-refractivity contribution in [2.75, 3.05) is 20.4 Å². The maximum Gasteiger partial charge on any atom is 0.0540 e. The second-order valence-corrected chi connectivity index (χ2v) is 44.9. The second-order valence-electron chi connectivity index (χ2n) is 42.7. The molecule has 4 aliphatic carbocycles. The van der Waals surface area contributed by atoms with E-state index in [9.17, 15) is 0 Å². The van der Waals surface area contributed by atoms with Crippen LogP contribution in [0.5, 0.6) is 0 Å². The Bertz CT molecular complexity index is 5610. The molecular weight excluding hydrogens is 1610 g/mol. The lowest BCUT2D eigenvalue weighted by Gasteiger charge is -2.43. The third kappa shape index (κ3) is 19.8. The highest BCUT2D eigenvalue weighted by Crippen LogP contribution is 2.56. The maximum atomic E-state index is 6.85. The van der Waals surface area contributed by atoms with Crippen LogP contribution in [-0.2, 0) is 54.1 Å². The monoisotopic (exact) mass is 1740 g/mol. The standard InChI is InChI=1S/C57H65ClN2.C35H44ClN.C16H19N.C6H4BrCl/c1-38-31-45(35-46(32-38)60(42-20-16-19-41(58)34-42)52-26-21-40(53(2,3)4)33-47(52)39-17-14-13-15-18-39)59(43-22-24-48-50(36-43)56(9,10)29-27-54(48,5)6)44-23-25-49-51(37-44)57(11,12)30-28-55(49,7)8;1-23-18-24(36)20-27(19-23)37(25-10-12-28-30(21-25)34(6,7)16-14-32(28,2)3)26-11-13-29-31(22-26)35(8,9)17-15-33(29,4)5;1-16(2,3)13-9-10-15(17)14(11-13)12-7-5-4-6-8-12;7-5-2-1-3-6(8)4-5/h13-26,31-37H,27-30H2,1-12H3;10-13,18-22H,14-17H2,1-9H3;4-11H,17H2,1-3H3;1-4H. The number of aryl methyl sites for hydroxylation is 2. The van der Waals surface area contributed by atoms with Crippen molar-refractivity contribution in [3.63, 3.8) is 0 Å². The quantitative estimate of drug-likeness (QED) is 0.131. The highest BCUT2D eigenvalue weighted by atomic mass is 79.9. The first-order chi connectivity index (χ1) is 57.0. The fourth-order valence-electron chi connectivity index (χ4n) is 19.0. The van der Waals surface area contributed by atoms with Gasteiger partial charge in [-0.05, 0) is 343 Å². The molecule has 0 aromatic heterocycles. The van der Waals surface area contributed by atoms with Crippen LogP contribution in [0.2, 0.25) is 15.1 Å². The third-order valence-electron chi connectivity index (χ3n) is 27.3. The molecule has 8 heteroatoms. The summed E-state index contributed by atoms with van der Waals surface area (Å²) in [6.07, 6.45) is 9.56. The zero-order chi connectivity index (χ0) is 88.4. The van der Waals surface area contributed by atoms with E-state index in [0.717, 1.165) is 54.2 Å². The van der Waals surface area contributed by atoms with Crippen LogP contribution in [0, 0.1) is 13.8 Å². The van der Waals surface area contributed by atoms with E-state index in [2.05, 4.69) is 391 Å². The van der Waals surface area contributed by atoms with Gasteiger partial charge in [-0.3, -0.25) is 0 Å². The van der Waals surface area contributed by atoms with E-state index >= 15 is 0 Å². The first kappa shape index (κ1) is 90.9. The van der Waals surface area contributed by atoms with Crippen molar-refractivity contribution in [1.29, 1.82) is 0 Å². The predicted octanol–water partition coefficient (Wildman–Crippen LogP) is 35.4. The largest absolute Gasteiger partial charge is 0.398 e. The Morgan fingerprint density at radius 1 is 0.270 bits per heavy atom. The minimum atomic E-state index is -0.0166. The van der Waals surface area contributed by atoms with Gasteiger partial charge < -0.3 is 20.4 Å². The molecular formula is C114H132BrCl3N4. The van der Waals surface area contributed by atoms with Crippen molar-refractivity contribution >= 4 is 108 Å². The van der Waals surface area contributed by atoms with Crippen LogP contribution in [0.15, 0.2) is 259 Å². The molecule has 0 radical (unpaired) electrons. The molecule has 0 fully saturated rings. The van der Waals surface area contributed by atoms with Gasteiger partial charge in [0.1, 0.15) is 0 Å². The van der Waals surface area contributed by atoms with Crippen LogP contribution in [0.1, 0.15) is 270 Å². The molecule has 4 nitrogen and oxygen atoms in total. The van der Waals surface area contributed by atoms with Gasteiger partial charge in [0.05, 0.1) is 5.69 Å². The Kier molecular flexibility index (Phi) is 25.8. The SMILES string of the molecule is CC(C)(C)c1ccc(N)c(-c2ccccc2)c1.Cc1cc(Cl)cc(N(c2ccc3c(c2)C(C)(C)CCC3(C)C)c2ccc3c(c2)C(C)(C)CCC3(C)C)c1.Cc1cc(N(c2ccc3c(c2)C(C)(C)CCC3(C)C)c2ccc3c(c2)C(C)(C)CCC3(C)C)cc(N(c2cccc(Cl)c2)c2ccc(C(C)(C)C)cc2-c2ccccc2)c1.Clc1cccc(Br)c1. The Morgan fingerprint density at radius 2 is 0.582 bits per heavy atom. The molecule has 0 bridgehead atoms. The van der Waals surface area contributed by atoms with E-state index < -0.39 is 0 Å². The number of halogens is 4. The summed E-state index contributed by atoms with van der Waals surface area (Å²) in [5.74, 6) is 0. The molecule has 2 N–H and O–H groups in total. The summed E-state index contributed by atoms with van der Waals surface area (Å²) >= 11 is 22.4. The average molecular weight is 1740 g/mol. The summed E-state index contributed by atoms with van der Waals surface area (Å²) in [6, 6.07) is 92.7. The minimum absolute atomic E-state index is 0.0166. The fourth-order valence-corrected chi connectivity index (χ4v) is 20.2. The zero-order valence-electron chi connectivity index (χ0n) is 77.3. The molecule has 12 aromatic rings. The van der Waals surface area contributed by atoms with Gasteiger partial charge in [0.15, 0.2) is 0 Å². The van der Waals surface area contributed by atoms with E-state index in [1.165, 1.54) is 158 Å². The summed E-state index contributed by atoms with van der Waals surface area (Å²) in [5.41, 5.74) is 39.8. The number of hydrogen-bond donors (Lipinski definition) is 1. The zero-order valence-corrected chi connectivity index (χ0v) is 81.2. The van der Waals surface area contributed by atoms with Gasteiger partial charge in [-0.25, -0.2) is 0 Å². The van der Waals surface area contributed by atoms with Crippen molar-refractivity contribution in [2.45, 2.75) is 272 Å². The molecule has 4 aliphatic rings.